The molecule has 0 radical (unpaired) electrons. The highest BCUT2D eigenvalue weighted by Crippen LogP contribution is 2.40. The number of aliphatic hydroxyl groups excluding tert-OH is 1. The van der Waals surface area contributed by atoms with Crippen molar-refractivity contribution in [3.63, 3.8) is 0 Å². The third kappa shape index (κ3) is 1.67. The van der Waals surface area contributed by atoms with Gasteiger partial charge in [-0.25, -0.2) is 4.68 Å². The second kappa shape index (κ2) is 4.29. The van der Waals surface area contributed by atoms with Gasteiger partial charge in [-0.05, 0) is 26.0 Å². The van der Waals surface area contributed by atoms with Crippen molar-refractivity contribution in [3.8, 4) is 0 Å². The number of nitrogens with one attached hydrogen (secondary N) is 2. The molecule has 3 heterocycles. The van der Waals surface area contributed by atoms with E-state index in [1.807, 2.05) is 38.1 Å². The summed E-state index contributed by atoms with van der Waals surface area (Å²) in [6.07, 6.45) is -0.680. The lowest BCUT2D eigenvalue weighted by molar-refractivity contribution is 0.0935. The Morgan fingerprint density at radius 1 is 1.29 bits per heavy atom. The second-order valence-electron chi connectivity index (χ2n) is 5.50. The van der Waals surface area contributed by atoms with Crippen molar-refractivity contribution in [2.24, 2.45) is 0 Å². The number of H-pyrrole nitrogens is 1. The molecule has 0 saturated heterocycles. The van der Waals surface area contributed by atoms with Gasteiger partial charge in [0.1, 0.15) is 17.7 Å². The Balaban J connectivity index is 1.87. The van der Waals surface area contributed by atoms with E-state index >= 15 is 0 Å². The number of aliphatic hydroxyl groups is 1. The van der Waals surface area contributed by atoms with Gasteiger partial charge in [0.2, 0.25) is 0 Å². The topological polar surface area (TPSA) is 91.6 Å². The Morgan fingerprint density at radius 3 is 2.95 bits per heavy atom. The summed E-state index contributed by atoms with van der Waals surface area (Å²) in [7, 11) is 0. The van der Waals surface area contributed by atoms with Crippen molar-refractivity contribution in [1.82, 2.24) is 25.2 Å². The van der Waals surface area contributed by atoms with E-state index in [9.17, 15) is 5.11 Å². The highest BCUT2D eigenvalue weighted by Gasteiger charge is 2.38. The van der Waals surface area contributed by atoms with E-state index in [1.165, 1.54) is 0 Å². The first-order chi connectivity index (χ1) is 10.2. The Hall–Kier alpha value is -2.41. The summed E-state index contributed by atoms with van der Waals surface area (Å²) in [5.74, 6) is 0.716. The van der Waals surface area contributed by atoms with Gasteiger partial charge in [-0.3, -0.25) is 5.10 Å². The Morgan fingerprint density at radius 2 is 2.10 bits per heavy atom. The second-order valence-corrected chi connectivity index (χ2v) is 5.50. The molecule has 4 rings (SSSR count). The summed E-state index contributed by atoms with van der Waals surface area (Å²) in [5.41, 5.74) is 3.41. The molecular weight excluding hydrogens is 268 g/mol. The predicted octanol–water partition coefficient (Wildman–Crippen LogP) is 1.55. The van der Waals surface area contributed by atoms with Crippen LogP contribution in [0.25, 0.3) is 11.0 Å². The lowest BCUT2D eigenvalue weighted by Gasteiger charge is -2.34. The molecule has 0 unspecified atom stereocenters. The molecule has 7 nitrogen and oxygen atoms in total. The van der Waals surface area contributed by atoms with Crippen molar-refractivity contribution in [2.45, 2.75) is 32.0 Å². The summed E-state index contributed by atoms with van der Waals surface area (Å²) in [6, 6.07) is 7.51. The molecule has 0 saturated carbocycles. The van der Waals surface area contributed by atoms with Gasteiger partial charge in [0.25, 0.3) is 0 Å². The van der Waals surface area contributed by atoms with Crippen LogP contribution in [0.15, 0.2) is 24.3 Å². The van der Waals surface area contributed by atoms with Crippen molar-refractivity contribution < 1.29 is 5.11 Å². The molecule has 0 amide bonds. The number of benzene rings is 1. The molecule has 0 spiro atoms. The van der Waals surface area contributed by atoms with Crippen molar-refractivity contribution in [3.05, 3.63) is 35.5 Å². The minimum absolute atomic E-state index is 0.0136. The lowest BCUT2D eigenvalue weighted by atomic mass is 9.93. The highest BCUT2D eigenvalue weighted by atomic mass is 16.3. The van der Waals surface area contributed by atoms with Crippen LogP contribution in [0.4, 0.5) is 5.82 Å². The fraction of sp³-hybridized carbons (Fsp3) is 0.357. The molecule has 3 atom stereocenters. The number of fused-ring (bicyclic) bond motifs is 2. The Labute approximate surface area is 121 Å². The number of hydrogen-bond acceptors (Lipinski definition) is 5. The van der Waals surface area contributed by atoms with Crippen LogP contribution in [-0.2, 0) is 0 Å². The van der Waals surface area contributed by atoms with Crippen molar-refractivity contribution >= 4 is 16.9 Å². The maximum atomic E-state index is 10.8. The molecule has 3 N–H and O–H groups in total. The van der Waals surface area contributed by atoms with Crippen LogP contribution in [0.5, 0.6) is 0 Å². The minimum atomic E-state index is -0.680. The van der Waals surface area contributed by atoms with Crippen LogP contribution >= 0.6 is 0 Å². The Bertz CT molecular complexity index is 807. The number of para-hydroxylation sites is 1. The van der Waals surface area contributed by atoms with Gasteiger partial charge >= 0.3 is 0 Å². The van der Waals surface area contributed by atoms with Gasteiger partial charge in [0.05, 0.1) is 11.6 Å². The number of rotatable bonds is 1. The third-order valence-electron chi connectivity index (χ3n) is 4.15. The highest BCUT2D eigenvalue weighted by molar-refractivity contribution is 5.74. The standard InChI is InChI=1S/C14H16N6O/c1-7-11-13(21)12(8(2)15-14(11)18-16-7)20-10-6-4-3-5-9(10)17-19-20/h3-6,8,12-13,21H,1-2H3,(H2,15,16,18)/t8-,12-,13-/m1/s1. The molecule has 3 aromatic rings. The lowest BCUT2D eigenvalue weighted by Crippen LogP contribution is -2.38. The van der Waals surface area contributed by atoms with E-state index in [4.69, 9.17) is 0 Å². The molecule has 2 aromatic heterocycles. The predicted molar refractivity (Wildman–Crippen MR) is 77.9 cm³/mol. The maximum Gasteiger partial charge on any atom is 0.154 e. The van der Waals surface area contributed by atoms with E-state index in [1.54, 1.807) is 4.68 Å². The van der Waals surface area contributed by atoms with E-state index < -0.39 is 6.10 Å². The summed E-state index contributed by atoms with van der Waals surface area (Å²) >= 11 is 0. The van der Waals surface area contributed by atoms with Crippen LogP contribution in [0.1, 0.15) is 30.3 Å². The number of aromatic nitrogens is 5. The number of anilines is 1. The van der Waals surface area contributed by atoms with Crippen LogP contribution < -0.4 is 5.32 Å². The van der Waals surface area contributed by atoms with Gasteiger partial charge in [0.15, 0.2) is 5.82 Å². The first kappa shape index (κ1) is 12.3. The van der Waals surface area contributed by atoms with E-state index in [0.717, 1.165) is 22.3 Å². The molecular formula is C14H16N6O. The largest absolute Gasteiger partial charge is 0.386 e. The summed E-state index contributed by atoms with van der Waals surface area (Å²) in [5, 5.41) is 29.7. The molecule has 108 valence electrons. The number of aryl methyl sites for hydroxylation is 1. The van der Waals surface area contributed by atoms with Gasteiger partial charge < -0.3 is 10.4 Å². The molecule has 1 aliphatic rings. The zero-order valence-corrected chi connectivity index (χ0v) is 11.8. The zero-order chi connectivity index (χ0) is 14.6. The van der Waals surface area contributed by atoms with Gasteiger partial charge in [-0.15, -0.1) is 5.10 Å². The van der Waals surface area contributed by atoms with Gasteiger partial charge in [-0.1, -0.05) is 17.3 Å². The van der Waals surface area contributed by atoms with Crippen LogP contribution in [0.2, 0.25) is 0 Å². The van der Waals surface area contributed by atoms with Crippen molar-refractivity contribution in [1.29, 1.82) is 0 Å². The van der Waals surface area contributed by atoms with E-state index in [2.05, 4.69) is 25.8 Å². The summed E-state index contributed by atoms with van der Waals surface area (Å²) in [6.45, 7) is 3.92. The monoisotopic (exact) mass is 284 g/mol. The number of nitrogens with zero attached hydrogens (tertiary/aromatic N) is 4. The summed E-state index contributed by atoms with van der Waals surface area (Å²) < 4.78 is 1.80. The SMILES string of the molecule is Cc1[nH]nc2c1[C@@H](O)[C@H](n1nnc3ccccc31)[C@@H](C)N2. The first-order valence-electron chi connectivity index (χ1n) is 6.96. The molecule has 7 heteroatoms. The quantitative estimate of drug-likeness (QED) is 0.630. The minimum Gasteiger partial charge on any atom is -0.386 e. The molecule has 0 fully saturated rings. The Kier molecular flexibility index (Phi) is 2.52. The van der Waals surface area contributed by atoms with Gasteiger partial charge in [-0.2, -0.15) is 5.10 Å². The zero-order valence-electron chi connectivity index (χ0n) is 11.8. The van der Waals surface area contributed by atoms with E-state index in [0.29, 0.717) is 5.82 Å². The van der Waals surface area contributed by atoms with Gasteiger partial charge in [0, 0.05) is 11.3 Å². The molecule has 1 aliphatic heterocycles. The van der Waals surface area contributed by atoms with Crippen LogP contribution in [-0.4, -0.2) is 36.3 Å². The smallest absolute Gasteiger partial charge is 0.154 e. The first-order valence-corrected chi connectivity index (χ1v) is 6.96. The summed E-state index contributed by atoms with van der Waals surface area (Å²) in [4.78, 5) is 0. The molecule has 21 heavy (non-hydrogen) atoms. The van der Waals surface area contributed by atoms with Crippen LogP contribution in [0.3, 0.4) is 0 Å². The molecule has 1 aromatic carbocycles. The average molecular weight is 284 g/mol. The van der Waals surface area contributed by atoms with Crippen LogP contribution in [0, 0.1) is 6.92 Å². The number of aromatic amines is 1. The maximum absolute atomic E-state index is 10.8. The fourth-order valence-corrected chi connectivity index (χ4v) is 3.11. The van der Waals surface area contributed by atoms with Crippen molar-refractivity contribution in [2.75, 3.05) is 5.32 Å². The third-order valence-corrected chi connectivity index (χ3v) is 4.15. The number of hydrogen-bond donors (Lipinski definition) is 3. The normalized spacial score (nSPS) is 24.8. The fourth-order valence-electron chi connectivity index (χ4n) is 3.11. The molecule has 0 bridgehead atoms. The molecule has 0 aliphatic carbocycles. The average Bonchev–Trinajstić information content (AvgIpc) is 3.04. The van der Waals surface area contributed by atoms with E-state index in [-0.39, 0.29) is 12.1 Å².